The van der Waals surface area contributed by atoms with Crippen molar-refractivity contribution in [2.45, 2.75) is 24.3 Å². The van der Waals surface area contributed by atoms with E-state index in [0.717, 1.165) is 29.3 Å². The molecule has 18 heavy (non-hydrogen) atoms. The minimum Gasteiger partial charge on any atom is -0.348 e. The number of hydrogen-bond donors (Lipinski definition) is 2. The lowest BCUT2D eigenvalue weighted by Gasteiger charge is -2.26. The predicted octanol–water partition coefficient (Wildman–Crippen LogP) is 2.60. The minimum absolute atomic E-state index is 0.0414. The van der Waals surface area contributed by atoms with Gasteiger partial charge in [0.1, 0.15) is 0 Å². The Bertz CT molecular complexity index is 439. The largest absolute Gasteiger partial charge is 0.348 e. The van der Waals surface area contributed by atoms with E-state index in [0.29, 0.717) is 6.54 Å². The van der Waals surface area contributed by atoms with Gasteiger partial charge in [0.05, 0.1) is 12.6 Å². The number of amides is 1. The Morgan fingerprint density at radius 2 is 2.39 bits per heavy atom. The van der Waals surface area contributed by atoms with Crippen LogP contribution >= 0.6 is 23.4 Å². The molecular weight excluding hydrogens is 268 g/mol. The highest BCUT2D eigenvalue weighted by molar-refractivity contribution is 7.99. The predicted molar refractivity (Wildman–Crippen MR) is 76.2 cm³/mol. The van der Waals surface area contributed by atoms with E-state index < -0.39 is 0 Å². The van der Waals surface area contributed by atoms with Gasteiger partial charge in [0.25, 0.3) is 0 Å². The normalized spacial score (nSPS) is 18.2. The number of thioether (sulfide) groups is 1. The second kappa shape index (κ2) is 6.45. The van der Waals surface area contributed by atoms with Gasteiger partial charge in [0.2, 0.25) is 5.91 Å². The summed E-state index contributed by atoms with van der Waals surface area (Å²) in [6.45, 7) is 3.16. The van der Waals surface area contributed by atoms with Crippen LogP contribution in [0.2, 0.25) is 5.02 Å². The highest BCUT2D eigenvalue weighted by Gasteiger charge is 2.22. The van der Waals surface area contributed by atoms with Gasteiger partial charge in [-0.3, -0.25) is 4.79 Å². The highest BCUT2D eigenvalue weighted by Crippen LogP contribution is 2.37. The number of rotatable bonds is 4. The topological polar surface area (TPSA) is 41.1 Å². The maximum Gasteiger partial charge on any atom is 0.234 e. The molecule has 98 valence electrons. The van der Waals surface area contributed by atoms with Crippen LogP contribution in [0.1, 0.15) is 24.9 Å². The number of likely N-dealkylation sites (N-methyl/N-ethyl adjacent to an activating group) is 1. The molecule has 1 unspecified atom stereocenters. The zero-order valence-electron chi connectivity index (χ0n) is 10.3. The summed E-state index contributed by atoms with van der Waals surface area (Å²) in [5.41, 5.74) is 1.14. The molecule has 1 aliphatic heterocycles. The summed E-state index contributed by atoms with van der Waals surface area (Å²) in [7, 11) is 0. The molecule has 5 heteroatoms. The zero-order chi connectivity index (χ0) is 13.0. The fourth-order valence-corrected chi connectivity index (χ4v) is 3.29. The van der Waals surface area contributed by atoms with Crippen LogP contribution in [0.5, 0.6) is 0 Å². The van der Waals surface area contributed by atoms with Gasteiger partial charge < -0.3 is 10.6 Å². The van der Waals surface area contributed by atoms with Crippen LogP contribution in [-0.4, -0.2) is 24.7 Å². The number of benzene rings is 1. The van der Waals surface area contributed by atoms with Gasteiger partial charge in [-0.25, -0.2) is 0 Å². The van der Waals surface area contributed by atoms with Gasteiger partial charge >= 0.3 is 0 Å². The van der Waals surface area contributed by atoms with Crippen LogP contribution in [0.25, 0.3) is 0 Å². The van der Waals surface area contributed by atoms with E-state index in [1.165, 1.54) is 4.90 Å². The maximum atomic E-state index is 11.8. The second-order valence-electron chi connectivity index (χ2n) is 4.22. The summed E-state index contributed by atoms with van der Waals surface area (Å²) in [4.78, 5) is 13.0. The third kappa shape index (κ3) is 3.40. The van der Waals surface area contributed by atoms with Crippen molar-refractivity contribution in [3.63, 3.8) is 0 Å². The molecule has 2 N–H and O–H groups in total. The lowest BCUT2D eigenvalue weighted by Crippen LogP contribution is -2.37. The van der Waals surface area contributed by atoms with E-state index in [9.17, 15) is 4.79 Å². The molecule has 0 aliphatic carbocycles. The maximum absolute atomic E-state index is 11.8. The average molecular weight is 285 g/mol. The number of hydrogen-bond acceptors (Lipinski definition) is 3. The van der Waals surface area contributed by atoms with E-state index in [-0.39, 0.29) is 11.9 Å². The van der Waals surface area contributed by atoms with E-state index in [1.807, 2.05) is 36.9 Å². The van der Waals surface area contributed by atoms with E-state index in [4.69, 9.17) is 11.6 Å². The summed E-state index contributed by atoms with van der Waals surface area (Å²) in [5.74, 6) is 1.07. The van der Waals surface area contributed by atoms with Crippen LogP contribution in [0.4, 0.5) is 0 Å². The Hall–Kier alpha value is -0.710. The number of halogens is 1. The molecule has 1 heterocycles. The minimum atomic E-state index is 0.0414. The van der Waals surface area contributed by atoms with Gasteiger partial charge in [-0.2, -0.15) is 0 Å². The van der Waals surface area contributed by atoms with Crippen molar-refractivity contribution in [2.24, 2.45) is 0 Å². The molecule has 1 aliphatic rings. The summed E-state index contributed by atoms with van der Waals surface area (Å²) in [6, 6.07) is 5.98. The van der Waals surface area contributed by atoms with Gasteiger partial charge in [0, 0.05) is 15.7 Å². The molecule has 1 amide bonds. The molecule has 0 radical (unpaired) electrons. The fraction of sp³-hybridized carbons (Fsp3) is 0.462. The Balaban J connectivity index is 2.07. The van der Waals surface area contributed by atoms with Crippen molar-refractivity contribution in [3.05, 3.63) is 28.8 Å². The summed E-state index contributed by atoms with van der Waals surface area (Å²) in [5, 5.41) is 6.82. The second-order valence-corrected chi connectivity index (χ2v) is 5.79. The molecular formula is C13H17ClN2OS. The van der Waals surface area contributed by atoms with Gasteiger partial charge in [-0.05, 0) is 36.7 Å². The molecule has 2 rings (SSSR count). The van der Waals surface area contributed by atoms with Crippen LogP contribution in [0.3, 0.4) is 0 Å². The number of carbonyl (C=O) groups is 1. The molecule has 0 saturated heterocycles. The lowest BCUT2D eigenvalue weighted by atomic mass is 10.0. The summed E-state index contributed by atoms with van der Waals surface area (Å²) in [6.07, 6.45) is 0.954. The first kappa shape index (κ1) is 13.7. The van der Waals surface area contributed by atoms with Crippen molar-refractivity contribution in [3.8, 4) is 0 Å². The molecule has 0 aromatic heterocycles. The van der Waals surface area contributed by atoms with E-state index in [2.05, 4.69) is 10.6 Å². The molecule has 3 nitrogen and oxygen atoms in total. The Morgan fingerprint density at radius 1 is 1.56 bits per heavy atom. The molecule has 0 fully saturated rings. The summed E-state index contributed by atoms with van der Waals surface area (Å²) >= 11 is 7.85. The van der Waals surface area contributed by atoms with E-state index in [1.54, 1.807) is 0 Å². The number of nitrogens with one attached hydrogen (secondary N) is 2. The molecule has 0 spiro atoms. The lowest BCUT2D eigenvalue weighted by molar-refractivity contribution is -0.121. The molecule has 0 bridgehead atoms. The third-order valence-electron chi connectivity index (χ3n) is 2.88. The highest BCUT2D eigenvalue weighted by atomic mass is 35.5. The van der Waals surface area contributed by atoms with Crippen molar-refractivity contribution < 1.29 is 4.79 Å². The van der Waals surface area contributed by atoms with Crippen molar-refractivity contribution in [2.75, 3.05) is 18.8 Å². The monoisotopic (exact) mass is 284 g/mol. The van der Waals surface area contributed by atoms with Crippen LogP contribution in [0, 0.1) is 0 Å². The first-order chi connectivity index (χ1) is 8.70. The van der Waals surface area contributed by atoms with Crippen LogP contribution in [0.15, 0.2) is 23.1 Å². The fourth-order valence-electron chi connectivity index (χ4n) is 2.00. The van der Waals surface area contributed by atoms with Crippen LogP contribution in [-0.2, 0) is 4.79 Å². The Morgan fingerprint density at radius 3 is 3.17 bits per heavy atom. The molecule has 1 aromatic carbocycles. The third-order valence-corrected chi connectivity index (χ3v) is 4.24. The van der Waals surface area contributed by atoms with Gasteiger partial charge in [-0.1, -0.05) is 18.5 Å². The Labute approximate surface area is 117 Å². The zero-order valence-corrected chi connectivity index (χ0v) is 11.9. The standard InChI is InChI=1S/C13H17ClN2OS/c1-2-15-8-13(17)16-11-5-6-18-12-4-3-9(14)7-10(11)12/h3-4,7,11,15H,2,5-6,8H2,1H3,(H,16,17). The molecule has 0 saturated carbocycles. The van der Waals surface area contributed by atoms with Crippen molar-refractivity contribution in [1.29, 1.82) is 0 Å². The van der Waals surface area contributed by atoms with Crippen LogP contribution < -0.4 is 10.6 Å². The smallest absolute Gasteiger partial charge is 0.234 e. The van der Waals surface area contributed by atoms with Crippen molar-refractivity contribution in [1.82, 2.24) is 10.6 Å². The average Bonchev–Trinajstić information content (AvgIpc) is 2.37. The molecule has 1 aromatic rings. The first-order valence-corrected chi connectivity index (χ1v) is 7.49. The summed E-state index contributed by atoms with van der Waals surface area (Å²) < 4.78 is 0. The van der Waals surface area contributed by atoms with Gasteiger partial charge in [-0.15, -0.1) is 11.8 Å². The van der Waals surface area contributed by atoms with E-state index >= 15 is 0 Å². The van der Waals surface area contributed by atoms with Crippen molar-refractivity contribution >= 4 is 29.3 Å². The number of fused-ring (bicyclic) bond motifs is 1. The number of carbonyl (C=O) groups excluding carboxylic acids is 1. The SMILES string of the molecule is CCNCC(=O)NC1CCSc2ccc(Cl)cc21. The molecule has 1 atom stereocenters. The van der Waals surface area contributed by atoms with Gasteiger partial charge in [0.15, 0.2) is 0 Å². The Kier molecular flexibility index (Phi) is 4.92. The first-order valence-electron chi connectivity index (χ1n) is 6.13. The quantitative estimate of drug-likeness (QED) is 0.893.